The molecule has 0 rings (SSSR count). The minimum atomic E-state index is -0.250. The summed E-state index contributed by atoms with van der Waals surface area (Å²) < 4.78 is 10.3. The molecule has 0 aliphatic heterocycles. The molecule has 0 saturated heterocycles. The van der Waals surface area contributed by atoms with Gasteiger partial charge in [0.1, 0.15) is 0 Å². The standard InChI is InChI=1S/C20H33ClN4.C16H26N2.C5H12.C5H10.C2H5F.4C2H6/c1-9-12-25(11-3)20(22-10-2)23-14-19(15(4)5)24-18(8)16(6)13-17(7)21;1-7-16(17-6)12-15(11-13(3)4)14(5)9-10-18-8-2;1-4-5(2)3;1-3-5-4-2;1-2-3;4*1-2/h2,13,16,19,24H,4,8-9,11-12,14H2,1,3,5-7H3,(H,22,23);7-8,11,18H,2,6,9-10,12H2,1,3-5H3;5H,4H2,1-3H3;3,5H,4H2,1-2H3;2H2,1H3;4*1-2H3/b;15-14-,16-7-;;5-3-;;;;;. The van der Waals surface area contributed by atoms with Gasteiger partial charge in [0.15, 0.2) is 0 Å². The summed E-state index contributed by atoms with van der Waals surface area (Å²) in [4.78, 5) is 10.3. The molecule has 2 atom stereocenters. The molecule has 8 heteroatoms. The van der Waals surface area contributed by atoms with Crippen molar-refractivity contribution < 1.29 is 4.39 Å². The Balaban J connectivity index is -0.0000000957. The molecule has 0 amide bonds. The van der Waals surface area contributed by atoms with Crippen molar-refractivity contribution in [3.05, 3.63) is 95.0 Å². The molecule has 64 heavy (non-hydrogen) atoms. The van der Waals surface area contributed by atoms with Crippen molar-refractivity contribution in [2.75, 3.05) is 32.9 Å². The molecule has 0 aromatic carbocycles. The smallest absolute Gasteiger partial charge is 0.207 e. The molecule has 0 aromatic heterocycles. The van der Waals surface area contributed by atoms with Crippen LogP contribution >= 0.6 is 11.6 Å². The first kappa shape index (κ1) is 80.5. The number of allylic oxidation sites excluding steroid dienone is 8. The summed E-state index contributed by atoms with van der Waals surface area (Å²) in [6, 6.07) is 2.39. The Kier molecular flexibility index (Phi) is 85.9. The number of nitrogens with one attached hydrogen (secondary N) is 3. The summed E-state index contributed by atoms with van der Waals surface area (Å²) in [6.45, 7) is 65.3. The van der Waals surface area contributed by atoms with Crippen LogP contribution in [0.25, 0.3) is 0 Å². The monoisotopic (exact) mass is 921 g/mol. The van der Waals surface area contributed by atoms with Gasteiger partial charge in [0.25, 0.3) is 0 Å². The Labute approximate surface area is 407 Å². The third-order valence-corrected chi connectivity index (χ3v) is 7.91. The number of aliphatic imine (C=N–C) groups is 2. The fraction of sp³-hybridized carbons (Fsp3) is 0.643. The average molecular weight is 922 g/mol. The summed E-state index contributed by atoms with van der Waals surface area (Å²) in [5.74, 6) is 1.73. The normalized spacial score (nSPS) is 11.3. The minimum absolute atomic E-state index is 0.0160. The third-order valence-electron chi connectivity index (χ3n) is 7.79. The van der Waals surface area contributed by atoms with Gasteiger partial charge in [-0.1, -0.05) is 188 Å². The topological polar surface area (TPSA) is 64.1 Å². The van der Waals surface area contributed by atoms with Crippen LogP contribution in [-0.2, 0) is 0 Å². The molecule has 0 aliphatic carbocycles. The zero-order chi connectivity index (χ0) is 52.5. The molecule has 378 valence electrons. The first-order chi connectivity index (χ1) is 30.4. The fourth-order valence-electron chi connectivity index (χ4n) is 4.18. The van der Waals surface area contributed by atoms with Gasteiger partial charge in [-0.2, -0.15) is 4.99 Å². The van der Waals surface area contributed by atoms with Crippen LogP contribution in [-0.4, -0.2) is 56.5 Å². The van der Waals surface area contributed by atoms with E-state index in [9.17, 15) is 4.39 Å². The molecule has 2 unspecified atom stereocenters. The lowest BCUT2D eigenvalue weighted by Gasteiger charge is -2.28. The number of guanidine groups is 1. The van der Waals surface area contributed by atoms with E-state index >= 15 is 0 Å². The van der Waals surface area contributed by atoms with E-state index in [4.69, 9.17) is 18.0 Å². The highest BCUT2D eigenvalue weighted by Gasteiger charge is 2.15. The van der Waals surface area contributed by atoms with Crippen molar-refractivity contribution in [1.29, 1.82) is 0 Å². The lowest BCUT2D eigenvalue weighted by molar-refractivity contribution is 0.419. The van der Waals surface area contributed by atoms with Gasteiger partial charge in [0.2, 0.25) is 5.96 Å². The fourth-order valence-corrected chi connectivity index (χ4v) is 4.37. The summed E-state index contributed by atoms with van der Waals surface area (Å²) in [5.41, 5.74) is 6.95. The van der Waals surface area contributed by atoms with Crippen LogP contribution < -0.4 is 16.0 Å². The predicted molar refractivity (Wildman–Crippen MR) is 302 cm³/mol. The summed E-state index contributed by atoms with van der Waals surface area (Å²) in [6.07, 6.45) is 22.9. The summed E-state index contributed by atoms with van der Waals surface area (Å²) in [5, 5.41) is 10.7. The van der Waals surface area contributed by atoms with Crippen molar-refractivity contribution >= 4 is 24.3 Å². The van der Waals surface area contributed by atoms with Crippen LogP contribution in [0.3, 0.4) is 0 Å². The largest absolute Gasteiger partial charge is 0.391 e. The number of halogens is 2. The molecular weight excluding hydrogens is 811 g/mol. The van der Waals surface area contributed by atoms with E-state index in [-0.39, 0.29) is 18.6 Å². The zero-order valence-corrected chi connectivity index (χ0v) is 47.5. The highest BCUT2D eigenvalue weighted by molar-refractivity contribution is 6.29. The van der Waals surface area contributed by atoms with Crippen LogP contribution in [0.2, 0.25) is 0 Å². The van der Waals surface area contributed by atoms with E-state index < -0.39 is 0 Å². The molecule has 3 N–H and O–H groups in total. The van der Waals surface area contributed by atoms with Crippen LogP contribution in [0.4, 0.5) is 4.39 Å². The van der Waals surface area contributed by atoms with Crippen molar-refractivity contribution in [3.8, 4) is 12.5 Å². The van der Waals surface area contributed by atoms with Crippen LogP contribution in [0.5, 0.6) is 0 Å². The second-order valence-electron chi connectivity index (χ2n) is 13.7. The van der Waals surface area contributed by atoms with Crippen molar-refractivity contribution in [3.63, 3.8) is 0 Å². The van der Waals surface area contributed by atoms with Crippen molar-refractivity contribution in [2.45, 2.75) is 197 Å². The molecule has 0 aromatic rings. The van der Waals surface area contributed by atoms with Crippen LogP contribution in [0.1, 0.15) is 191 Å². The highest BCUT2D eigenvalue weighted by atomic mass is 35.5. The quantitative estimate of drug-likeness (QED) is 0.0284. The van der Waals surface area contributed by atoms with E-state index in [0.717, 1.165) is 79.2 Å². The van der Waals surface area contributed by atoms with Gasteiger partial charge in [0, 0.05) is 61.0 Å². The van der Waals surface area contributed by atoms with E-state index in [1.54, 1.807) is 6.20 Å². The maximum Gasteiger partial charge on any atom is 0.207 e. The van der Waals surface area contributed by atoms with Crippen LogP contribution in [0, 0.1) is 24.3 Å². The lowest BCUT2D eigenvalue weighted by atomic mass is 9.99. The Hall–Kier alpha value is -3.76. The van der Waals surface area contributed by atoms with Gasteiger partial charge >= 0.3 is 0 Å². The number of rotatable bonds is 20. The first-order valence-electron chi connectivity index (χ1n) is 24.3. The van der Waals surface area contributed by atoms with Gasteiger partial charge in [-0.05, 0) is 106 Å². The Morgan fingerprint density at radius 2 is 1.41 bits per heavy atom. The van der Waals surface area contributed by atoms with Crippen molar-refractivity contribution in [2.24, 2.45) is 21.8 Å². The van der Waals surface area contributed by atoms with E-state index in [1.165, 1.54) is 30.1 Å². The van der Waals surface area contributed by atoms with Crippen LogP contribution in [0.15, 0.2) is 105 Å². The van der Waals surface area contributed by atoms with E-state index in [2.05, 4.69) is 151 Å². The second-order valence-corrected chi connectivity index (χ2v) is 14.3. The number of terminal acetylenes is 1. The van der Waals surface area contributed by atoms with E-state index in [0.29, 0.717) is 6.54 Å². The van der Waals surface area contributed by atoms with Gasteiger partial charge < -0.3 is 20.9 Å². The number of hydrogen-bond acceptors (Lipinski definition) is 4. The number of hydrogen-bond donors (Lipinski definition) is 3. The van der Waals surface area contributed by atoms with Gasteiger partial charge in [-0.25, -0.2) is 0 Å². The molecule has 0 bridgehead atoms. The SMILES string of the molecule is C#CN=C(NCC(NC(=C)C(C)C=C(C)Cl)C(=C)C)N(CC)CCC.C/C=C\CC.C=CNCC/C(C)=C(/C=C(C)C)C/C(=C/C)N=C.CC.CC.CC.CC.CCC(C)C.CCF. The maximum absolute atomic E-state index is 10.3. The average Bonchev–Trinajstić information content (AvgIpc) is 3.28. The number of nitrogens with zero attached hydrogens (tertiary/aromatic N) is 3. The highest BCUT2D eigenvalue weighted by Crippen LogP contribution is 2.20. The van der Waals surface area contributed by atoms with Gasteiger partial charge in [-0.3, -0.25) is 9.38 Å². The minimum Gasteiger partial charge on any atom is -0.391 e. The summed E-state index contributed by atoms with van der Waals surface area (Å²) >= 11 is 5.96. The predicted octanol–water partition coefficient (Wildman–Crippen LogP) is 17.6. The molecule has 0 heterocycles. The van der Waals surface area contributed by atoms with E-state index in [1.807, 2.05) is 95.2 Å². The zero-order valence-electron chi connectivity index (χ0n) is 46.8. The Morgan fingerprint density at radius 1 is 0.906 bits per heavy atom. The molecule has 0 saturated carbocycles. The second kappa shape index (κ2) is 68.3. The molecule has 0 aliphatic rings. The third kappa shape index (κ3) is 64.9. The Morgan fingerprint density at radius 3 is 1.70 bits per heavy atom. The molecule has 0 radical (unpaired) electrons. The Bertz CT molecular complexity index is 1260. The molecule has 0 spiro atoms. The van der Waals surface area contributed by atoms with Crippen molar-refractivity contribution in [1.82, 2.24) is 20.9 Å². The lowest BCUT2D eigenvalue weighted by Crippen LogP contribution is -2.47. The molecule has 6 nitrogen and oxygen atoms in total. The molecular formula is C56H110ClFN6. The number of alkyl halides is 1. The van der Waals surface area contributed by atoms with Gasteiger partial charge in [0.05, 0.1) is 12.7 Å². The van der Waals surface area contributed by atoms with Gasteiger partial charge in [-0.15, -0.1) is 0 Å². The summed E-state index contributed by atoms with van der Waals surface area (Å²) in [7, 11) is 0. The first-order valence-corrected chi connectivity index (χ1v) is 24.7. The maximum atomic E-state index is 10.3. The molecule has 0 fully saturated rings.